The first-order valence-corrected chi connectivity index (χ1v) is 9.14. The molecule has 120 valence electrons. The molecule has 0 amide bonds. The standard InChI is InChI=1S/C10H20O8S2/c11-19(12,13)17-7-5-9-3-1-2-4-10(9)6-8-18-20(14,15)16/h9-10H,1-8H2,(H,11,12,13)(H,14,15,16)/t9-,10+. The van der Waals surface area contributed by atoms with Gasteiger partial charge in [0.15, 0.2) is 0 Å². The van der Waals surface area contributed by atoms with Crippen molar-refractivity contribution in [1.29, 1.82) is 0 Å². The molecule has 2 atom stereocenters. The monoisotopic (exact) mass is 332 g/mol. The van der Waals surface area contributed by atoms with Gasteiger partial charge in [0, 0.05) is 0 Å². The summed E-state index contributed by atoms with van der Waals surface area (Å²) >= 11 is 0. The molecule has 1 saturated carbocycles. The molecular weight excluding hydrogens is 312 g/mol. The maximum Gasteiger partial charge on any atom is 0.397 e. The zero-order chi connectivity index (χ0) is 15.2. The van der Waals surface area contributed by atoms with Crippen LogP contribution in [-0.2, 0) is 29.2 Å². The fraction of sp³-hybridized carbons (Fsp3) is 1.00. The quantitative estimate of drug-likeness (QED) is 0.635. The Kier molecular flexibility index (Phi) is 6.82. The highest BCUT2D eigenvalue weighted by Gasteiger charge is 2.25. The van der Waals surface area contributed by atoms with Crippen LogP contribution in [0.2, 0.25) is 0 Å². The molecule has 0 unspecified atom stereocenters. The van der Waals surface area contributed by atoms with E-state index in [-0.39, 0.29) is 25.0 Å². The molecule has 0 heterocycles. The second-order valence-corrected chi connectivity index (χ2v) is 7.06. The van der Waals surface area contributed by atoms with Gasteiger partial charge in [0.05, 0.1) is 13.2 Å². The van der Waals surface area contributed by atoms with E-state index in [1.165, 1.54) is 0 Å². The van der Waals surface area contributed by atoms with Gasteiger partial charge in [-0.25, -0.2) is 8.37 Å². The number of hydrogen-bond acceptors (Lipinski definition) is 6. The highest BCUT2D eigenvalue weighted by Crippen LogP contribution is 2.34. The second-order valence-electron chi connectivity index (χ2n) is 4.88. The van der Waals surface area contributed by atoms with Crippen molar-refractivity contribution in [2.24, 2.45) is 11.8 Å². The van der Waals surface area contributed by atoms with Crippen LogP contribution in [0.25, 0.3) is 0 Å². The van der Waals surface area contributed by atoms with Crippen LogP contribution in [0.15, 0.2) is 0 Å². The van der Waals surface area contributed by atoms with Gasteiger partial charge in [0.2, 0.25) is 0 Å². The average molecular weight is 332 g/mol. The number of rotatable bonds is 8. The maximum atomic E-state index is 10.5. The van der Waals surface area contributed by atoms with E-state index in [2.05, 4.69) is 8.37 Å². The normalized spacial score (nSPS) is 24.7. The summed E-state index contributed by atoms with van der Waals surface area (Å²) in [6.07, 6.45) is 4.77. The Morgan fingerprint density at radius 2 is 1.15 bits per heavy atom. The van der Waals surface area contributed by atoms with Crippen LogP contribution in [-0.4, -0.2) is 39.2 Å². The van der Waals surface area contributed by atoms with Gasteiger partial charge >= 0.3 is 20.8 Å². The topological polar surface area (TPSA) is 127 Å². The summed E-state index contributed by atoms with van der Waals surface area (Å²) in [5.74, 6) is 0.381. The van der Waals surface area contributed by atoms with Gasteiger partial charge in [-0.3, -0.25) is 9.11 Å². The Balaban J connectivity index is 2.38. The lowest BCUT2D eigenvalue weighted by Crippen LogP contribution is -2.23. The maximum absolute atomic E-state index is 10.5. The molecule has 2 N–H and O–H groups in total. The molecule has 0 aromatic carbocycles. The highest BCUT2D eigenvalue weighted by molar-refractivity contribution is 7.81. The van der Waals surface area contributed by atoms with E-state index in [9.17, 15) is 16.8 Å². The van der Waals surface area contributed by atoms with Crippen molar-refractivity contribution in [1.82, 2.24) is 0 Å². The molecule has 1 rings (SSSR count). The smallest absolute Gasteiger partial charge is 0.264 e. The molecule has 0 aliphatic heterocycles. The van der Waals surface area contributed by atoms with Crippen molar-refractivity contribution in [3.8, 4) is 0 Å². The first kappa shape index (κ1) is 17.8. The summed E-state index contributed by atoms with van der Waals surface area (Å²) < 4.78 is 67.4. The first-order chi connectivity index (χ1) is 9.17. The predicted octanol–water partition coefficient (Wildman–Crippen LogP) is 1.21. The zero-order valence-corrected chi connectivity index (χ0v) is 12.6. The molecule has 1 fully saturated rings. The van der Waals surface area contributed by atoms with Gasteiger partial charge < -0.3 is 0 Å². The average Bonchev–Trinajstić information content (AvgIpc) is 2.28. The summed E-state index contributed by atoms with van der Waals surface area (Å²) in [5, 5.41) is 0. The van der Waals surface area contributed by atoms with Gasteiger partial charge in [-0.05, 0) is 24.7 Å². The Bertz CT molecular complexity index is 437. The van der Waals surface area contributed by atoms with E-state index in [1.807, 2.05) is 0 Å². The van der Waals surface area contributed by atoms with Gasteiger partial charge in [-0.15, -0.1) is 0 Å². The van der Waals surface area contributed by atoms with E-state index in [0.29, 0.717) is 12.8 Å². The fourth-order valence-corrected chi connectivity index (χ4v) is 3.27. The van der Waals surface area contributed by atoms with Gasteiger partial charge in [0.1, 0.15) is 0 Å². The van der Waals surface area contributed by atoms with Gasteiger partial charge in [-0.1, -0.05) is 25.7 Å². The van der Waals surface area contributed by atoms with E-state index >= 15 is 0 Å². The third-order valence-electron chi connectivity index (χ3n) is 3.51. The lowest BCUT2D eigenvalue weighted by Gasteiger charge is -2.31. The minimum absolute atomic E-state index is 0.0981. The van der Waals surface area contributed by atoms with Crippen molar-refractivity contribution in [2.75, 3.05) is 13.2 Å². The zero-order valence-electron chi connectivity index (χ0n) is 11.0. The lowest BCUT2D eigenvalue weighted by atomic mass is 9.76. The van der Waals surface area contributed by atoms with Crippen LogP contribution in [0.3, 0.4) is 0 Å². The Morgan fingerprint density at radius 1 is 0.800 bits per heavy atom. The molecule has 0 aromatic heterocycles. The first-order valence-electron chi connectivity index (χ1n) is 6.41. The molecule has 10 heteroatoms. The third-order valence-corrected chi connectivity index (χ3v) is 4.44. The summed E-state index contributed by atoms with van der Waals surface area (Å²) in [4.78, 5) is 0. The largest absolute Gasteiger partial charge is 0.397 e. The Hall–Kier alpha value is -0.260. The fourth-order valence-electron chi connectivity index (χ4n) is 2.65. The van der Waals surface area contributed by atoms with Crippen molar-refractivity contribution in [3.63, 3.8) is 0 Å². The summed E-state index contributed by atoms with van der Waals surface area (Å²) in [7, 11) is -8.83. The molecule has 1 aliphatic carbocycles. The van der Waals surface area contributed by atoms with Crippen molar-refractivity contribution in [3.05, 3.63) is 0 Å². The van der Waals surface area contributed by atoms with Crippen LogP contribution in [0.4, 0.5) is 0 Å². The SMILES string of the molecule is O=S(=O)(O)OCC[C@H]1CCCC[C@H]1CCOS(=O)(=O)O. The number of hydrogen-bond donors (Lipinski definition) is 2. The molecule has 0 saturated heterocycles. The Morgan fingerprint density at radius 3 is 1.45 bits per heavy atom. The molecule has 0 aromatic rings. The van der Waals surface area contributed by atoms with Gasteiger partial charge in [-0.2, -0.15) is 16.8 Å². The summed E-state index contributed by atoms with van der Waals surface area (Å²) in [6, 6.07) is 0. The lowest BCUT2D eigenvalue weighted by molar-refractivity contribution is 0.149. The highest BCUT2D eigenvalue weighted by atomic mass is 32.3. The Labute approximate surface area is 119 Å². The van der Waals surface area contributed by atoms with E-state index in [4.69, 9.17) is 9.11 Å². The molecule has 20 heavy (non-hydrogen) atoms. The van der Waals surface area contributed by atoms with Crippen LogP contribution < -0.4 is 0 Å². The van der Waals surface area contributed by atoms with Crippen molar-refractivity contribution >= 4 is 20.8 Å². The van der Waals surface area contributed by atoms with Crippen molar-refractivity contribution in [2.45, 2.75) is 38.5 Å². The molecule has 0 spiro atoms. The van der Waals surface area contributed by atoms with Crippen LogP contribution in [0.5, 0.6) is 0 Å². The minimum Gasteiger partial charge on any atom is -0.264 e. The molecule has 1 aliphatic rings. The predicted molar refractivity (Wildman–Crippen MR) is 69.7 cm³/mol. The molecule has 0 radical (unpaired) electrons. The molecular formula is C10H20O8S2. The van der Waals surface area contributed by atoms with E-state index in [1.54, 1.807) is 0 Å². The molecule has 8 nitrogen and oxygen atoms in total. The van der Waals surface area contributed by atoms with Crippen LogP contribution >= 0.6 is 0 Å². The van der Waals surface area contributed by atoms with E-state index < -0.39 is 20.8 Å². The van der Waals surface area contributed by atoms with Crippen LogP contribution in [0, 0.1) is 11.8 Å². The van der Waals surface area contributed by atoms with E-state index in [0.717, 1.165) is 25.7 Å². The van der Waals surface area contributed by atoms with Gasteiger partial charge in [0.25, 0.3) is 0 Å². The molecule has 0 bridgehead atoms. The van der Waals surface area contributed by atoms with Crippen LogP contribution in [0.1, 0.15) is 38.5 Å². The summed E-state index contributed by atoms with van der Waals surface area (Å²) in [6.45, 7) is -0.196. The van der Waals surface area contributed by atoms with Crippen molar-refractivity contribution < 1.29 is 34.3 Å². The minimum atomic E-state index is -4.42. The second kappa shape index (κ2) is 7.66. The summed E-state index contributed by atoms with van der Waals surface area (Å²) in [5.41, 5.74) is 0. The third kappa shape index (κ3) is 8.12.